The molecule has 0 saturated carbocycles. The molecule has 3 aromatic rings. The van der Waals surface area contributed by atoms with Gasteiger partial charge >= 0.3 is 0 Å². The Hall–Kier alpha value is -3.22. The topological polar surface area (TPSA) is 81.4 Å². The van der Waals surface area contributed by atoms with Crippen molar-refractivity contribution < 1.29 is 14.1 Å². The second-order valence-corrected chi connectivity index (χ2v) is 6.57. The van der Waals surface area contributed by atoms with Gasteiger partial charge in [0.1, 0.15) is 5.75 Å². The number of benzene rings is 1. The van der Waals surface area contributed by atoms with Crippen molar-refractivity contribution in [3.63, 3.8) is 0 Å². The molecule has 0 aliphatic carbocycles. The maximum absolute atomic E-state index is 12.8. The van der Waals surface area contributed by atoms with Crippen LogP contribution in [0.2, 0.25) is 0 Å². The Labute approximate surface area is 157 Å². The van der Waals surface area contributed by atoms with E-state index in [2.05, 4.69) is 15.1 Å². The van der Waals surface area contributed by atoms with Crippen molar-refractivity contribution in [2.24, 2.45) is 0 Å². The number of likely N-dealkylation sites (tertiary alicyclic amines) is 1. The van der Waals surface area contributed by atoms with Crippen LogP contribution in [-0.2, 0) is 0 Å². The largest absolute Gasteiger partial charge is 0.439 e. The van der Waals surface area contributed by atoms with E-state index < -0.39 is 0 Å². The first-order chi connectivity index (χ1) is 13.2. The Bertz CT molecular complexity index is 908. The minimum Gasteiger partial charge on any atom is -0.439 e. The van der Waals surface area contributed by atoms with Crippen LogP contribution in [0.15, 0.2) is 53.2 Å². The van der Waals surface area contributed by atoms with Gasteiger partial charge in [0, 0.05) is 25.4 Å². The number of carbonyl (C=O) groups is 1. The predicted molar refractivity (Wildman–Crippen MR) is 97.7 cm³/mol. The molecular formula is C20H20N4O3. The van der Waals surface area contributed by atoms with Crippen molar-refractivity contribution >= 4 is 5.91 Å². The van der Waals surface area contributed by atoms with Gasteiger partial charge in [-0.25, -0.2) is 4.98 Å². The van der Waals surface area contributed by atoms with Crippen molar-refractivity contribution in [2.75, 3.05) is 13.1 Å². The molecule has 0 spiro atoms. The summed E-state index contributed by atoms with van der Waals surface area (Å²) in [4.78, 5) is 23.2. The summed E-state index contributed by atoms with van der Waals surface area (Å²) in [5.41, 5.74) is 0.540. The predicted octanol–water partition coefficient (Wildman–Crippen LogP) is 3.59. The van der Waals surface area contributed by atoms with E-state index in [1.54, 1.807) is 25.3 Å². The van der Waals surface area contributed by atoms with Gasteiger partial charge in [-0.15, -0.1) is 0 Å². The SMILES string of the molecule is Cc1noc(C2CCCN(C(=O)c3ccc(Oc4ccccc4)nc3)C2)n1. The van der Waals surface area contributed by atoms with Crippen LogP contribution >= 0.6 is 0 Å². The van der Waals surface area contributed by atoms with E-state index in [0.29, 0.717) is 42.0 Å². The highest BCUT2D eigenvalue weighted by Gasteiger charge is 2.28. The minimum atomic E-state index is -0.0466. The number of pyridine rings is 1. The number of aryl methyl sites for hydroxylation is 1. The number of nitrogens with zero attached hydrogens (tertiary/aromatic N) is 4. The van der Waals surface area contributed by atoms with E-state index in [-0.39, 0.29) is 11.8 Å². The second-order valence-electron chi connectivity index (χ2n) is 6.57. The molecular weight excluding hydrogens is 344 g/mol. The summed E-state index contributed by atoms with van der Waals surface area (Å²) in [6.07, 6.45) is 3.40. The molecule has 0 radical (unpaired) electrons. The smallest absolute Gasteiger partial charge is 0.255 e. The molecule has 1 aliphatic heterocycles. The molecule has 7 nitrogen and oxygen atoms in total. The first kappa shape index (κ1) is 17.2. The molecule has 1 unspecified atom stereocenters. The number of piperidine rings is 1. The zero-order chi connectivity index (χ0) is 18.6. The van der Waals surface area contributed by atoms with E-state index in [1.807, 2.05) is 35.2 Å². The van der Waals surface area contributed by atoms with E-state index in [9.17, 15) is 4.79 Å². The summed E-state index contributed by atoms with van der Waals surface area (Å²) < 4.78 is 11.0. The van der Waals surface area contributed by atoms with Gasteiger partial charge < -0.3 is 14.2 Å². The molecule has 1 fully saturated rings. The molecule has 0 N–H and O–H groups in total. The number of aromatic nitrogens is 3. The molecule has 1 aromatic carbocycles. The molecule has 1 amide bonds. The Balaban J connectivity index is 1.42. The van der Waals surface area contributed by atoms with Crippen molar-refractivity contribution in [1.82, 2.24) is 20.0 Å². The summed E-state index contributed by atoms with van der Waals surface area (Å²) in [5.74, 6) is 2.42. The Kier molecular flexibility index (Phi) is 4.82. The number of hydrogen-bond acceptors (Lipinski definition) is 6. The normalized spacial score (nSPS) is 16.9. The van der Waals surface area contributed by atoms with Gasteiger partial charge in [0.25, 0.3) is 5.91 Å². The Morgan fingerprint density at radius 1 is 1.22 bits per heavy atom. The lowest BCUT2D eigenvalue weighted by Crippen LogP contribution is -2.39. The molecule has 2 aromatic heterocycles. The molecule has 0 bridgehead atoms. The first-order valence-corrected chi connectivity index (χ1v) is 8.97. The van der Waals surface area contributed by atoms with Crippen LogP contribution in [-0.4, -0.2) is 39.0 Å². The van der Waals surface area contributed by atoms with Gasteiger partial charge in [-0.05, 0) is 38.0 Å². The molecule has 138 valence electrons. The molecule has 27 heavy (non-hydrogen) atoms. The van der Waals surface area contributed by atoms with Crippen LogP contribution < -0.4 is 4.74 Å². The number of hydrogen-bond donors (Lipinski definition) is 0. The van der Waals surface area contributed by atoms with Crippen molar-refractivity contribution in [3.05, 3.63) is 65.9 Å². The number of ether oxygens (including phenoxy) is 1. The van der Waals surface area contributed by atoms with Gasteiger partial charge in [0.15, 0.2) is 5.82 Å². The lowest BCUT2D eigenvalue weighted by molar-refractivity contribution is 0.0695. The van der Waals surface area contributed by atoms with Crippen molar-refractivity contribution in [1.29, 1.82) is 0 Å². The highest BCUT2D eigenvalue weighted by molar-refractivity contribution is 5.94. The average molecular weight is 364 g/mol. The van der Waals surface area contributed by atoms with Crippen molar-refractivity contribution in [2.45, 2.75) is 25.7 Å². The van der Waals surface area contributed by atoms with Crippen LogP contribution in [0.5, 0.6) is 11.6 Å². The van der Waals surface area contributed by atoms with E-state index in [1.165, 1.54) is 0 Å². The van der Waals surface area contributed by atoms with Crippen LogP contribution in [0.4, 0.5) is 0 Å². The third-order valence-electron chi connectivity index (χ3n) is 4.55. The summed E-state index contributed by atoms with van der Waals surface area (Å²) >= 11 is 0. The number of para-hydroxylation sites is 1. The van der Waals surface area contributed by atoms with Gasteiger partial charge in [-0.1, -0.05) is 23.4 Å². The molecule has 3 heterocycles. The highest BCUT2D eigenvalue weighted by Crippen LogP contribution is 2.27. The fraction of sp³-hybridized carbons (Fsp3) is 0.300. The molecule has 4 rings (SSSR count). The van der Waals surface area contributed by atoms with E-state index >= 15 is 0 Å². The average Bonchev–Trinajstić information content (AvgIpc) is 3.15. The van der Waals surface area contributed by atoms with Gasteiger partial charge in [0.05, 0.1) is 11.5 Å². The highest BCUT2D eigenvalue weighted by atomic mass is 16.5. The molecule has 1 saturated heterocycles. The molecule has 1 atom stereocenters. The summed E-state index contributed by atoms with van der Waals surface area (Å²) in [7, 11) is 0. The van der Waals surface area contributed by atoms with E-state index in [0.717, 1.165) is 12.8 Å². The van der Waals surface area contributed by atoms with Gasteiger partial charge in [0.2, 0.25) is 11.8 Å². The second kappa shape index (κ2) is 7.57. The Morgan fingerprint density at radius 3 is 2.78 bits per heavy atom. The van der Waals surface area contributed by atoms with Crippen LogP contribution in [0.1, 0.15) is 40.8 Å². The minimum absolute atomic E-state index is 0.0466. The summed E-state index contributed by atoms with van der Waals surface area (Å²) in [6.45, 7) is 3.08. The van der Waals surface area contributed by atoms with Crippen LogP contribution in [0.25, 0.3) is 0 Å². The number of amides is 1. The third kappa shape index (κ3) is 3.97. The lowest BCUT2D eigenvalue weighted by Gasteiger charge is -2.31. The fourth-order valence-electron chi connectivity index (χ4n) is 3.20. The quantitative estimate of drug-likeness (QED) is 0.704. The summed E-state index contributed by atoms with van der Waals surface area (Å²) in [6, 6.07) is 12.9. The zero-order valence-electron chi connectivity index (χ0n) is 15.0. The first-order valence-electron chi connectivity index (χ1n) is 8.97. The third-order valence-corrected chi connectivity index (χ3v) is 4.55. The standard InChI is InChI=1S/C20H20N4O3/c1-14-22-19(27-23-14)16-6-5-11-24(13-16)20(25)15-9-10-18(21-12-15)26-17-7-3-2-4-8-17/h2-4,7-10,12,16H,5-6,11,13H2,1H3. The maximum atomic E-state index is 12.8. The fourth-order valence-corrected chi connectivity index (χ4v) is 3.20. The maximum Gasteiger partial charge on any atom is 0.255 e. The van der Waals surface area contributed by atoms with E-state index in [4.69, 9.17) is 9.26 Å². The van der Waals surface area contributed by atoms with Gasteiger partial charge in [-0.2, -0.15) is 4.98 Å². The van der Waals surface area contributed by atoms with Crippen molar-refractivity contribution in [3.8, 4) is 11.6 Å². The van der Waals surface area contributed by atoms with Crippen LogP contribution in [0, 0.1) is 6.92 Å². The monoisotopic (exact) mass is 364 g/mol. The number of carbonyl (C=O) groups excluding carboxylic acids is 1. The lowest BCUT2D eigenvalue weighted by atomic mass is 9.97. The molecule has 1 aliphatic rings. The zero-order valence-corrected chi connectivity index (χ0v) is 15.0. The number of rotatable bonds is 4. The molecule has 7 heteroatoms. The summed E-state index contributed by atoms with van der Waals surface area (Å²) in [5, 5.41) is 3.85. The van der Waals surface area contributed by atoms with Crippen LogP contribution in [0.3, 0.4) is 0 Å². The van der Waals surface area contributed by atoms with Gasteiger partial charge in [-0.3, -0.25) is 4.79 Å². The Morgan fingerprint density at radius 2 is 2.07 bits per heavy atom.